The van der Waals surface area contributed by atoms with Crippen LogP contribution in [-0.2, 0) is 36.7 Å². The van der Waals surface area contributed by atoms with Gasteiger partial charge in [-0.05, 0) is 0 Å². The predicted molar refractivity (Wildman–Crippen MR) is 143 cm³/mol. The number of phosphoric ester groups is 2. The van der Waals surface area contributed by atoms with Gasteiger partial charge in [0, 0.05) is 0 Å². The molecule has 242 valence electrons. The normalized spacial score (nSPS) is 37.7. The summed E-state index contributed by atoms with van der Waals surface area (Å²) < 4.78 is 61.0. The number of aliphatic hydroxyl groups excluding tert-OH is 2. The number of ether oxygens (including phenoxy) is 2. The van der Waals surface area contributed by atoms with Crippen molar-refractivity contribution in [2.24, 2.45) is 0 Å². The van der Waals surface area contributed by atoms with Crippen LogP contribution in [0.3, 0.4) is 0 Å². The van der Waals surface area contributed by atoms with Crippen molar-refractivity contribution < 1.29 is 56.7 Å². The zero-order chi connectivity index (χ0) is 31.8. The first-order valence-electron chi connectivity index (χ1n) is 13.0. The summed E-state index contributed by atoms with van der Waals surface area (Å²) >= 11 is 0. The van der Waals surface area contributed by atoms with E-state index in [1.54, 1.807) is 0 Å². The molecular formula is C20H24N10O13P2. The Bertz CT molecular complexity index is 1940. The summed E-state index contributed by atoms with van der Waals surface area (Å²) in [6.45, 7) is -1.65. The highest BCUT2D eigenvalue weighted by atomic mass is 31.2. The monoisotopic (exact) mass is 674 g/mol. The topological polar surface area (TPSA) is 330 Å². The summed E-state index contributed by atoms with van der Waals surface area (Å²) in [5.41, 5.74) is 10.8. The second kappa shape index (κ2) is 10.8. The van der Waals surface area contributed by atoms with E-state index in [2.05, 4.69) is 29.9 Å². The number of phosphoric acid groups is 2. The Hall–Kier alpha value is -3.44. The molecule has 5 unspecified atom stereocenters. The molecule has 7 heterocycles. The Kier molecular flexibility index (Phi) is 7.27. The van der Waals surface area contributed by atoms with Crippen molar-refractivity contribution >= 4 is 49.7 Å². The molecule has 25 heteroatoms. The molecule has 2 bridgehead atoms. The SMILES string of the molecule is Nc1nc2c(ncn2[C@@H]2O[C@@H]3COP(=O)(O)OC4C(O)[C@H](n5cnc6c(N)ncnc65)O[C@@H]4COP(=O)(O)O[C@H]2C3O)c(=O)[nH]1. The fourth-order valence-corrected chi connectivity index (χ4v) is 7.19. The van der Waals surface area contributed by atoms with E-state index in [-0.39, 0.29) is 34.1 Å². The summed E-state index contributed by atoms with van der Waals surface area (Å²) in [6.07, 6.45) is -9.21. The summed E-state index contributed by atoms with van der Waals surface area (Å²) in [7, 11) is -10.2. The molecule has 0 radical (unpaired) electrons. The molecule has 23 nitrogen and oxygen atoms in total. The molecule has 3 aliphatic heterocycles. The molecule has 4 aromatic rings. The van der Waals surface area contributed by atoms with Crippen LogP contribution in [0.15, 0.2) is 23.8 Å². The largest absolute Gasteiger partial charge is 0.472 e. The van der Waals surface area contributed by atoms with Crippen molar-refractivity contribution in [3.05, 3.63) is 29.3 Å². The molecule has 9 N–H and O–H groups in total. The van der Waals surface area contributed by atoms with E-state index in [0.29, 0.717) is 0 Å². The molecular weight excluding hydrogens is 650 g/mol. The van der Waals surface area contributed by atoms with Gasteiger partial charge in [-0.3, -0.25) is 37.0 Å². The van der Waals surface area contributed by atoms with E-state index in [4.69, 9.17) is 39.0 Å². The van der Waals surface area contributed by atoms with Crippen LogP contribution in [-0.4, -0.2) is 109 Å². The molecule has 0 saturated carbocycles. The molecule has 0 amide bonds. The average molecular weight is 674 g/mol. The van der Waals surface area contributed by atoms with Gasteiger partial charge in [0.1, 0.15) is 48.5 Å². The number of aromatic nitrogens is 8. The number of hydrogen-bond donors (Lipinski definition) is 7. The number of rotatable bonds is 2. The third kappa shape index (κ3) is 5.31. The first-order chi connectivity index (χ1) is 21.3. The Morgan fingerprint density at radius 3 is 2.18 bits per heavy atom. The van der Waals surface area contributed by atoms with Gasteiger partial charge in [0.25, 0.3) is 5.56 Å². The molecule has 45 heavy (non-hydrogen) atoms. The van der Waals surface area contributed by atoms with Crippen molar-refractivity contribution in [1.29, 1.82) is 0 Å². The van der Waals surface area contributed by atoms with Crippen molar-refractivity contribution in [2.45, 2.75) is 49.1 Å². The van der Waals surface area contributed by atoms with E-state index in [9.17, 15) is 33.9 Å². The van der Waals surface area contributed by atoms with Crippen molar-refractivity contribution in [3.63, 3.8) is 0 Å². The van der Waals surface area contributed by atoms with E-state index < -0.39 is 83.5 Å². The van der Waals surface area contributed by atoms with Crippen molar-refractivity contribution in [1.82, 2.24) is 39.0 Å². The third-order valence-corrected chi connectivity index (χ3v) is 9.29. The summed E-state index contributed by atoms with van der Waals surface area (Å²) in [5.74, 6) is -0.250. The summed E-state index contributed by atoms with van der Waals surface area (Å²) in [6, 6.07) is 0. The first-order valence-corrected chi connectivity index (χ1v) is 15.9. The lowest BCUT2D eigenvalue weighted by Crippen LogP contribution is -2.36. The second-order valence-electron chi connectivity index (χ2n) is 10.1. The number of aromatic amines is 1. The van der Waals surface area contributed by atoms with Gasteiger partial charge in [0.15, 0.2) is 35.1 Å². The molecule has 7 rings (SSSR count). The van der Waals surface area contributed by atoms with Crippen molar-refractivity contribution in [2.75, 3.05) is 24.7 Å². The second-order valence-corrected chi connectivity index (χ2v) is 13.0. The van der Waals surface area contributed by atoms with Crippen molar-refractivity contribution in [3.8, 4) is 0 Å². The number of anilines is 2. The minimum atomic E-state index is -5.11. The van der Waals surface area contributed by atoms with E-state index in [0.717, 1.165) is 17.2 Å². The smallest absolute Gasteiger partial charge is 0.387 e. The average Bonchev–Trinajstić information content (AvgIpc) is 3.72. The zero-order valence-electron chi connectivity index (χ0n) is 22.4. The van der Waals surface area contributed by atoms with Crippen LogP contribution in [0.4, 0.5) is 11.8 Å². The molecule has 0 aliphatic carbocycles. The van der Waals surface area contributed by atoms with Gasteiger partial charge in [-0.25, -0.2) is 29.1 Å². The quantitative estimate of drug-likeness (QED) is 0.109. The lowest BCUT2D eigenvalue weighted by molar-refractivity contribution is -0.0672. The number of imidazole rings is 2. The number of H-pyrrole nitrogens is 1. The third-order valence-electron chi connectivity index (χ3n) is 7.32. The minimum Gasteiger partial charge on any atom is -0.387 e. The van der Waals surface area contributed by atoms with Gasteiger partial charge < -0.3 is 40.9 Å². The van der Waals surface area contributed by atoms with Crippen LogP contribution in [0.25, 0.3) is 22.3 Å². The van der Waals surface area contributed by atoms with Gasteiger partial charge >= 0.3 is 15.6 Å². The predicted octanol–water partition coefficient (Wildman–Crippen LogP) is -2.34. The number of nitrogens with one attached hydrogen (secondary N) is 1. The fraction of sp³-hybridized carbons (Fsp3) is 0.500. The number of nitrogen functional groups attached to an aromatic ring is 2. The molecule has 3 fully saturated rings. The first kappa shape index (κ1) is 30.2. The zero-order valence-corrected chi connectivity index (χ0v) is 24.2. The van der Waals surface area contributed by atoms with Crippen LogP contribution >= 0.6 is 15.6 Å². The molecule has 3 aliphatic rings. The maximum atomic E-state index is 13.2. The van der Waals surface area contributed by atoms with Crippen LogP contribution in [0.5, 0.6) is 0 Å². The van der Waals surface area contributed by atoms with Gasteiger partial charge in [-0.1, -0.05) is 0 Å². The summed E-state index contributed by atoms with van der Waals surface area (Å²) in [5, 5.41) is 22.1. The molecule has 10 atom stereocenters. The number of fused-ring (bicyclic) bond motifs is 5. The Morgan fingerprint density at radius 1 is 0.822 bits per heavy atom. The van der Waals surface area contributed by atoms with Crippen LogP contribution in [0.1, 0.15) is 12.5 Å². The maximum Gasteiger partial charge on any atom is 0.472 e. The lowest BCUT2D eigenvalue weighted by atomic mass is 10.1. The van der Waals surface area contributed by atoms with E-state index in [1.165, 1.54) is 10.9 Å². The highest BCUT2D eigenvalue weighted by Gasteiger charge is 2.54. The van der Waals surface area contributed by atoms with E-state index >= 15 is 0 Å². The van der Waals surface area contributed by atoms with Gasteiger partial charge in [-0.15, -0.1) is 0 Å². The van der Waals surface area contributed by atoms with E-state index in [1.807, 2.05) is 0 Å². The van der Waals surface area contributed by atoms with Gasteiger partial charge in [-0.2, -0.15) is 4.98 Å². The van der Waals surface area contributed by atoms with Crippen LogP contribution < -0.4 is 17.0 Å². The molecule has 3 saturated heterocycles. The minimum absolute atomic E-state index is 0.0343. The number of hydrogen-bond acceptors (Lipinski definition) is 18. The number of nitrogens with two attached hydrogens (primary N) is 2. The van der Waals surface area contributed by atoms with Crippen LogP contribution in [0, 0.1) is 0 Å². The summed E-state index contributed by atoms with van der Waals surface area (Å²) in [4.78, 5) is 55.8. The highest BCUT2D eigenvalue weighted by molar-refractivity contribution is 7.47. The van der Waals surface area contributed by atoms with Gasteiger partial charge in [0.2, 0.25) is 5.95 Å². The molecule has 4 aromatic heterocycles. The Balaban J connectivity index is 1.21. The molecule has 0 aromatic carbocycles. The Labute approximate surface area is 248 Å². The van der Waals surface area contributed by atoms with Crippen LogP contribution in [0.2, 0.25) is 0 Å². The lowest BCUT2D eigenvalue weighted by Gasteiger charge is -2.25. The fourth-order valence-electron chi connectivity index (χ4n) is 5.30. The number of nitrogens with zero attached hydrogens (tertiary/aromatic N) is 7. The highest BCUT2D eigenvalue weighted by Crippen LogP contribution is 2.53. The maximum absolute atomic E-state index is 13.2. The molecule has 0 spiro atoms. The van der Waals surface area contributed by atoms with Gasteiger partial charge in [0.05, 0.1) is 25.9 Å². The Morgan fingerprint density at radius 2 is 1.44 bits per heavy atom. The standard InChI is InChI=1S/C20H24N10O13P2/c21-14-8-15(24-3-23-14)29(4-25-8)18-11(32)12-7(41-18)2-39-45(36,37)43-13-10(31)6(1-38-44(34,35)42-12)40-19(13)30-5-26-9-16(30)27-20(22)28-17(9)33/h3-7,10-13,18-19,31-32H,1-2H2,(H,34,35)(H,36,37)(H2,21,23,24)(H3,22,27,28,33)/t6-,7-,10?,11?,12?,13+,18-,19-/m1/s1. The number of aliphatic hydroxyl groups is 2.